The lowest BCUT2D eigenvalue weighted by Gasteiger charge is -2.07. The average molecular weight is 204 g/mol. The van der Waals surface area contributed by atoms with Gasteiger partial charge in [0.25, 0.3) is 0 Å². The third kappa shape index (κ3) is 4.15. The van der Waals surface area contributed by atoms with Crippen molar-refractivity contribution in [2.75, 3.05) is 5.43 Å². The first-order valence-electron chi connectivity index (χ1n) is 5.48. The van der Waals surface area contributed by atoms with E-state index in [-0.39, 0.29) is 0 Å². The highest BCUT2D eigenvalue weighted by atomic mass is 15.3. The molecule has 0 radical (unpaired) electrons. The van der Waals surface area contributed by atoms with Crippen molar-refractivity contribution in [2.24, 2.45) is 11.0 Å². The zero-order valence-corrected chi connectivity index (χ0v) is 9.99. The van der Waals surface area contributed by atoms with E-state index in [1.165, 1.54) is 5.56 Å². The predicted molar refractivity (Wildman–Crippen MR) is 67.5 cm³/mol. The van der Waals surface area contributed by atoms with Gasteiger partial charge in [-0.1, -0.05) is 39.8 Å². The second-order valence-corrected chi connectivity index (χ2v) is 4.41. The highest BCUT2D eigenvalue weighted by Gasteiger charge is 1.98. The minimum Gasteiger partial charge on any atom is -0.279 e. The number of nitrogens with zero attached hydrogens (tertiary/aromatic N) is 1. The highest BCUT2D eigenvalue weighted by molar-refractivity contribution is 5.61. The fraction of sp³-hybridized carbons (Fsp3) is 0.462. The number of benzene rings is 1. The minimum absolute atomic E-state index is 0.478. The van der Waals surface area contributed by atoms with E-state index in [4.69, 9.17) is 0 Å². The topological polar surface area (TPSA) is 24.4 Å². The summed E-state index contributed by atoms with van der Waals surface area (Å²) < 4.78 is 0. The molecule has 0 amide bonds. The van der Waals surface area contributed by atoms with Crippen molar-refractivity contribution in [2.45, 2.75) is 33.6 Å². The SMILES string of the molecule is CC(C)C=NNc1cccc(C(C)C)c1. The lowest BCUT2D eigenvalue weighted by molar-refractivity contribution is 0.866. The van der Waals surface area contributed by atoms with Crippen LogP contribution in [0.3, 0.4) is 0 Å². The molecule has 0 aromatic heterocycles. The molecule has 0 unspecified atom stereocenters. The molecule has 0 aliphatic rings. The number of hydrazone groups is 1. The van der Waals surface area contributed by atoms with Gasteiger partial charge in [0, 0.05) is 6.21 Å². The second-order valence-electron chi connectivity index (χ2n) is 4.41. The molecule has 2 heteroatoms. The van der Waals surface area contributed by atoms with Gasteiger partial charge in [-0.15, -0.1) is 0 Å². The fourth-order valence-electron chi connectivity index (χ4n) is 1.23. The molecule has 2 nitrogen and oxygen atoms in total. The highest BCUT2D eigenvalue weighted by Crippen LogP contribution is 2.18. The molecule has 1 aromatic rings. The van der Waals surface area contributed by atoms with E-state index in [9.17, 15) is 0 Å². The van der Waals surface area contributed by atoms with Crippen LogP contribution in [0.2, 0.25) is 0 Å². The molecule has 0 aliphatic carbocycles. The number of nitrogens with one attached hydrogen (secondary N) is 1. The molecule has 1 rings (SSSR count). The molecule has 0 saturated heterocycles. The Morgan fingerprint density at radius 1 is 1.20 bits per heavy atom. The molecule has 15 heavy (non-hydrogen) atoms. The quantitative estimate of drug-likeness (QED) is 0.584. The van der Waals surface area contributed by atoms with Gasteiger partial charge in [-0.2, -0.15) is 5.10 Å². The van der Waals surface area contributed by atoms with Crippen LogP contribution < -0.4 is 5.43 Å². The first-order valence-corrected chi connectivity index (χ1v) is 5.48. The van der Waals surface area contributed by atoms with Crippen LogP contribution in [0.25, 0.3) is 0 Å². The van der Waals surface area contributed by atoms with Crippen molar-refractivity contribution in [3.63, 3.8) is 0 Å². The van der Waals surface area contributed by atoms with Crippen LogP contribution >= 0.6 is 0 Å². The van der Waals surface area contributed by atoms with Crippen LogP contribution in [0.4, 0.5) is 5.69 Å². The summed E-state index contributed by atoms with van der Waals surface area (Å²) in [5.41, 5.74) is 5.43. The van der Waals surface area contributed by atoms with E-state index >= 15 is 0 Å². The van der Waals surface area contributed by atoms with Crippen LogP contribution in [-0.2, 0) is 0 Å². The van der Waals surface area contributed by atoms with Gasteiger partial charge in [-0.05, 0) is 29.5 Å². The summed E-state index contributed by atoms with van der Waals surface area (Å²) in [5, 5.41) is 4.17. The smallest absolute Gasteiger partial charge is 0.0564 e. The molecule has 1 aromatic carbocycles. The molecule has 0 bridgehead atoms. The van der Waals surface area contributed by atoms with Crippen LogP contribution in [0, 0.1) is 5.92 Å². The predicted octanol–water partition coefficient (Wildman–Crippen LogP) is 3.86. The van der Waals surface area contributed by atoms with Gasteiger partial charge in [0.2, 0.25) is 0 Å². The lowest BCUT2D eigenvalue weighted by Crippen LogP contribution is -1.95. The molecular formula is C13H20N2. The normalized spacial score (nSPS) is 11.6. The minimum atomic E-state index is 0.478. The van der Waals surface area contributed by atoms with E-state index in [1.54, 1.807) is 0 Å². The third-order valence-corrected chi connectivity index (χ3v) is 2.12. The molecule has 0 atom stereocenters. The summed E-state index contributed by atoms with van der Waals surface area (Å²) in [6, 6.07) is 8.37. The zero-order chi connectivity index (χ0) is 11.3. The maximum Gasteiger partial charge on any atom is 0.0564 e. The number of hydrogen-bond acceptors (Lipinski definition) is 2. The summed E-state index contributed by atoms with van der Waals surface area (Å²) in [7, 11) is 0. The van der Waals surface area contributed by atoms with Gasteiger partial charge in [-0.25, -0.2) is 0 Å². The first-order chi connectivity index (χ1) is 7.09. The number of anilines is 1. The Morgan fingerprint density at radius 3 is 2.53 bits per heavy atom. The van der Waals surface area contributed by atoms with E-state index in [0.29, 0.717) is 11.8 Å². The Labute approximate surface area is 92.4 Å². The summed E-state index contributed by atoms with van der Waals surface area (Å²) in [4.78, 5) is 0. The molecule has 0 heterocycles. The number of hydrogen-bond donors (Lipinski definition) is 1. The van der Waals surface area contributed by atoms with Crippen molar-refractivity contribution < 1.29 is 0 Å². The summed E-state index contributed by atoms with van der Waals surface area (Å²) in [5.74, 6) is 1.03. The molecule has 82 valence electrons. The van der Waals surface area contributed by atoms with Crippen LogP contribution in [0.15, 0.2) is 29.4 Å². The monoisotopic (exact) mass is 204 g/mol. The largest absolute Gasteiger partial charge is 0.279 e. The Morgan fingerprint density at radius 2 is 1.93 bits per heavy atom. The summed E-state index contributed by atoms with van der Waals surface area (Å²) in [6.45, 7) is 8.60. The van der Waals surface area contributed by atoms with Gasteiger partial charge in [0.1, 0.15) is 0 Å². The Hall–Kier alpha value is -1.31. The van der Waals surface area contributed by atoms with Crippen molar-refractivity contribution in [3.8, 4) is 0 Å². The average Bonchev–Trinajstić information content (AvgIpc) is 2.17. The third-order valence-electron chi connectivity index (χ3n) is 2.12. The van der Waals surface area contributed by atoms with E-state index in [1.807, 2.05) is 12.3 Å². The van der Waals surface area contributed by atoms with Crippen LogP contribution in [0.5, 0.6) is 0 Å². The van der Waals surface area contributed by atoms with E-state index in [2.05, 4.69) is 56.4 Å². The molecule has 1 N–H and O–H groups in total. The van der Waals surface area contributed by atoms with Crippen molar-refractivity contribution >= 4 is 11.9 Å². The van der Waals surface area contributed by atoms with Gasteiger partial charge in [-0.3, -0.25) is 5.43 Å². The van der Waals surface area contributed by atoms with E-state index in [0.717, 1.165) is 5.69 Å². The van der Waals surface area contributed by atoms with Gasteiger partial charge in [0.05, 0.1) is 5.69 Å². The molecular weight excluding hydrogens is 184 g/mol. The Kier molecular flexibility index (Phi) is 4.35. The lowest BCUT2D eigenvalue weighted by atomic mass is 10.0. The van der Waals surface area contributed by atoms with Gasteiger partial charge in [0.15, 0.2) is 0 Å². The molecule has 0 aliphatic heterocycles. The molecule has 0 saturated carbocycles. The zero-order valence-electron chi connectivity index (χ0n) is 9.99. The van der Waals surface area contributed by atoms with E-state index < -0.39 is 0 Å². The van der Waals surface area contributed by atoms with Crippen LogP contribution in [0.1, 0.15) is 39.2 Å². The van der Waals surface area contributed by atoms with Crippen molar-refractivity contribution in [3.05, 3.63) is 29.8 Å². The van der Waals surface area contributed by atoms with Gasteiger partial charge < -0.3 is 0 Å². The summed E-state index contributed by atoms with van der Waals surface area (Å²) in [6.07, 6.45) is 1.90. The van der Waals surface area contributed by atoms with Crippen molar-refractivity contribution in [1.82, 2.24) is 0 Å². The second kappa shape index (κ2) is 5.54. The standard InChI is InChI=1S/C13H20N2/c1-10(2)9-14-15-13-7-5-6-12(8-13)11(3)4/h5-11,15H,1-4H3. The maximum atomic E-state index is 4.17. The Balaban J connectivity index is 2.66. The Bertz CT molecular complexity index is 327. The molecule has 0 spiro atoms. The molecule has 0 fully saturated rings. The summed E-state index contributed by atoms with van der Waals surface area (Å²) >= 11 is 0. The van der Waals surface area contributed by atoms with Crippen molar-refractivity contribution in [1.29, 1.82) is 0 Å². The van der Waals surface area contributed by atoms with Gasteiger partial charge >= 0.3 is 0 Å². The van der Waals surface area contributed by atoms with Crippen LogP contribution in [-0.4, -0.2) is 6.21 Å². The number of rotatable bonds is 4. The first kappa shape index (κ1) is 11.8. The fourth-order valence-corrected chi connectivity index (χ4v) is 1.23. The maximum absolute atomic E-state index is 4.17.